The lowest BCUT2D eigenvalue weighted by Gasteiger charge is -2.38. The van der Waals surface area contributed by atoms with Gasteiger partial charge < -0.3 is 5.32 Å². The number of nitrogens with one attached hydrogen (secondary N) is 1. The molecule has 0 unspecified atom stereocenters. The number of rotatable bonds is 3. The van der Waals surface area contributed by atoms with Crippen LogP contribution in [0, 0.1) is 11.3 Å². The minimum absolute atomic E-state index is 0.00956. The van der Waals surface area contributed by atoms with Crippen LogP contribution in [-0.2, 0) is 10.5 Å². The minimum atomic E-state index is -0.144. The summed E-state index contributed by atoms with van der Waals surface area (Å²) in [5.74, 6) is 1.70. The Bertz CT molecular complexity index is 840. The molecule has 2 aromatic rings. The first-order valence-corrected chi connectivity index (χ1v) is 9.57. The first-order chi connectivity index (χ1) is 11.9. The van der Waals surface area contributed by atoms with Crippen LogP contribution in [0.5, 0.6) is 0 Å². The van der Waals surface area contributed by atoms with E-state index in [-0.39, 0.29) is 23.2 Å². The van der Waals surface area contributed by atoms with Crippen LogP contribution < -0.4 is 5.32 Å². The Morgan fingerprint density at radius 3 is 2.84 bits per heavy atom. The molecule has 2 heterocycles. The van der Waals surface area contributed by atoms with Gasteiger partial charge in [0.1, 0.15) is 5.78 Å². The van der Waals surface area contributed by atoms with E-state index in [1.165, 1.54) is 5.56 Å². The zero-order chi connectivity index (χ0) is 17.6. The molecule has 1 aromatic heterocycles. The van der Waals surface area contributed by atoms with Crippen LogP contribution in [0.25, 0.3) is 0 Å². The van der Waals surface area contributed by atoms with Crippen LogP contribution >= 0.6 is 11.8 Å². The number of aromatic nitrogens is 3. The summed E-state index contributed by atoms with van der Waals surface area (Å²) < 4.78 is 1.87. The smallest absolute Gasteiger partial charge is 0.226 e. The topological polar surface area (TPSA) is 59.8 Å². The van der Waals surface area contributed by atoms with E-state index in [1.54, 1.807) is 11.8 Å². The number of anilines is 1. The summed E-state index contributed by atoms with van der Waals surface area (Å²) in [5.41, 5.74) is 2.12. The Morgan fingerprint density at radius 2 is 2.08 bits per heavy atom. The third kappa shape index (κ3) is 3.11. The van der Waals surface area contributed by atoms with E-state index < -0.39 is 0 Å². The third-order valence-corrected chi connectivity index (χ3v) is 5.71. The second kappa shape index (κ2) is 6.02. The molecule has 1 aliphatic heterocycles. The average molecular weight is 354 g/mol. The number of carbonyl (C=O) groups excluding carboxylic acids is 1. The number of ketones is 1. The molecule has 4 rings (SSSR count). The maximum Gasteiger partial charge on any atom is 0.226 e. The molecular formula is C19H22N4OS. The fraction of sp³-hybridized carbons (Fsp3) is 0.421. The lowest BCUT2D eigenvalue weighted by atomic mass is 9.73. The number of benzene rings is 1. The Morgan fingerprint density at radius 1 is 1.32 bits per heavy atom. The van der Waals surface area contributed by atoms with Gasteiger partial charge in [0.2, 0.25) is 11.1 Å². The lowest BCUT2D eigenvalue weighted by molar-refractivity contribution is -0.125. The normalized spacial score (nSPS) is 24.1. The highest BCUT2D eigenvalue weighted by Crippen LogP contribution is 2.42. The summed E-state index contributed by atoms with van der Waals surface area (Å²) in [5, 5.41) is 8.73. The number of thioether (sulfide) groups is 1. The number of nitrogens with zero attached hydrogens (tertiary/aromatic N) is 3. The highest BCUT2D eigenvalue weighted by molar-refractivity contribution is 7.98. The van der Waals surface area contributed by atoms with E-state index in [9.17, 15) is 4.79 Å². The van der Waals surface area contributed by atoms with Crippen molar-refractivity contribution in [2.24, 2.45) is 11.3 Å². The second-order valence-electron chi connectivity index (χ2n) is 7.51. The molecule has 0 saturated carbocycles. The Hall–Kier alpha value is -2.08. The van der Waals surface area contributed by atoms with Gasteiger partial charge in [-0.15, -0.1) is 5.10 Å². The van der Waals surface area contributed by atoms with Gasteiger partial charge in [0.25, 0.3) is 0 Å². The summed E-state index contributed by atoms with van der Waals surface area (Å²) in [6, 6.07) is 10.3. The predicted molar refractivity (Wildman–Crippen MR) is 99.3 cm³/mol. The SMILES string of the molecule is C[C@H]1[C@@H]2C(=O)CC(C)(C)C=C2Nc2nc(SCc3ccccc3)nn21. The van der Waals surface area contributed by atoms with Gasteiger partial charge in [-0.2, -0.15) is 4.98 Å². The van der Waals surface area contributed by atoms with Gasteiger partial charge in [-0.25, -0.2) is 4.68 Å². The number of Topliss-reactive ketones (excluding diaryl/α,β-unsaturated/α-hetero) is 1. The zero-order valence-corrected chi connectivity index (χ0v) is 15.5. The average Bonchev–Trinajstić information content (AvgIpc) is 2.95. The molecule has 0 bridgehead atoms. The summed E-state index contributed by atoms with van der Waals surface area (Å²) in [4.78, 5) is 17.3. The molecule has 1 aromatic carbocycles. The van der Waals surface area contributed by atoms with E-state index in [2.05, 4.69) is 54.4 Å². The molecule has 0 saturated heterocycles. The van der Waals surface area contributed by atoms with Crippen LogP contribution in [0.3, 0.4) is 0 Å². The second-order valence-corrected chi connectivity index (χ2v) is 8.45. The third-order valence-electron chi connectivity index (χ3n) is 4.80. The van der Waals surface area contributed by atoms with Gasteiger partial charge in [-0.3, -0.25) is 4.79 Å². The number of carbonyl (C=O) groups is 1. The van der Waals surface area contributed by atoms with Crippen molar-refractivity contribution in [2.75, 3.05) is 5.32 Å². The van der Waals surface area contributed by atoms with E-state index in [0.717, 1.165) is 22.6 Å². The molecular weight excluding hydrogens is 332 g/mol. The molecule has 1 aliphatic carbocycles. The molecule has 0 radical (unpaired) electrons. The molecule has 0 fully saturated rings. The fourth-order valence-electron chi connectivity index (χ4n) is 3.66. The Labute approximate surface area is 151 Å². The fourth-order valence-corrected chi connectivity index (χ4v) is 4.45. The summed E-state index contributed by atoms with van der Waals surface area (Å²) >= 11 is 1.62. The summed E-state index contributed by atoms with van der Waals surface area (Å²) in [6.07, 6.45) is 2.76. The van der Waals surface area contributed by atoms with E-state index in [1.807, 2.05) is 22.9 Å². The zero-order valence-electron chi connectivity index (χ0n) is 14.7. The number of allylic oxidation sites excluding steroid dienone is 2. The minimum Gasteiger partial charge on any atom is -0.328 e. The van der Waals surface area contributed by atoms with E-state index in [0.29, 0.717) is 6.42 Å². The standard InChI is InChI=1S/C19H22N4OS/c1-12-16-14(9-19(2,3)10-15(16)24)20-17-21-18(22-23(12)17)25-11-13-7-5-4-6-8-13/h4-9,12,16H,10-11H2,1-3H3,(H,20,21,22)/t12-,16-/m0/s1. The number of hydrogen-bond donors (Lipinski definition) is 1. The largest absolute Gasteiger partial charge is 0.328 e. The van der Waals surface area contributed by atoms with Gasteiger partial charge in [0.05, 0.1) is 12.0 Å². The first-order valence-electron chi connectivity index (χ1n) is 8.59. The summed E-state index contributed by atoms with van der Waals surface area (Å²) in [6.45, 7) is 6.25. The molecule has 130 valence electrons. The van der Waals surface area contributed by atoms with Crippen LogP contribution in [0.1, 0.15) is 38.8 Å². The molecule has 2 atom stereocenters. The van der Waals surface area contributed by atoms with Crippen molar-refractivity contribution < 1.29 is 4.79 Å². The van der Waals surface area contributed by atoms with Crippen molar-refractivity contribution in [1.82, 2.24) is 14.8 Å². The Kier molecular flexibility index (Phi) is 3.95. The maximum absolute atomic E-state index is 12.6. The monoisotopic (exact) mass is 354 g/mol. The molecule has 0 amide bonds. The van der Waals surface area contributed by atoms with Gasteiger partial charge in [0.15, 0.2) is 0 Å². The van der Waals surface area contributed by atoms with Crippen molar-refractivity contribution in [3.8, 4) is 0 Å². The highest BCUT2D eigenvalue weighted by Gasteiger charge is 2.42. The van der Waals surface area contributed by atoms with Gasteiger partial charge in [0, 0.05) is 17.9 Å². The molecule has 0 spiro atoms. The van der Waals surface area contributed by atoms with Crippen LogP contribution in [-0.4, -0.2) is 20.5 Å². The van der Waals surface area contributed by atoms with Crippen molar-refractivity contribution in [2.45, 2.75) is 44.1 Å². The van der Waals surface area contributed by atoms with Gasteiger partial charge >= 0.3 is 0 Å². The molecule has 2 aliphatic rings. The molecule has 25 heavy (non-hydrogen) atoms. The number of hydrogen-bond acceptors (Lipinski definition) is 5. The number of fused-ring (bicyclic) bond motifs is 2. The quantitative estimate of drug-likeness (QED) is 0.843. The van der Waals surface area contributed by atoms with Crippen LogP contribution in [0.4, 0.5) is 5.95 Å². The van der Waals surface area contributed by atoms with Gasteiger partial charge in [-0.05, 0) is 17.9 Å². The van der Waals surface area contributed by atoms with E-state index >= 15 is 0 Å². The molecule has 1 N–H and O–H groups in total. The van der Waals surface area contributed by atoms with Crippen molar-refractivity contribution in [3.63, 3.8) is 0 Å². The van der Waals surface area contributed by atoms with Crippen LogP contribution in [0.15, 0.2) is 47.3 Å². The van der Waals surface area contributed by atoms with Crippen molar-refractivity contribution in [1.29, 1.82) is 0 Å². The van der Waals surface area contributed by atoms with Crippen molar-refractivity contribution in [3.05, 3.63) is 47.7 Å². The molecule has 6 heteroatoms. The first kappa shape index (κ1) is 16.4. The summed E-state index contributed by atoms with van der Waals surface area (Å²) in [7, 11) is 0. The Balaban J connectivity index is 1.59. The van der Waals surface area contributed by atoms with Crippen LogP contribution in [0.2, 0.25) is 0 Å². The maximum atomic E-state index is 12.6. The van der Waals surface area contributed by atoms with Crippen molar-refractivity contribution >= 4 is 23.5 Å². The predicted octanol–water partition coefficient (Wildman–Crippen LogP) is 4.06. The highest BCUT2D eigenvalue weighted by atomic mass is 32.2. The van der Waals surface area contributed by atoms with E-state index in [4.69, 9.17) is 0 Å². The lowest BCUT2D eigenvalue weighted by Crippen LogP contribution is -2.40. The van der Waals surface area contributed by atoms with Gasteiger partial charge in [-0.1, -0.05) is 62.0 Å². The molecule has 5 nitrogen and oxygen atoms in total.